The maximum absolute atomic E-state index is 13.0. The molecule has 15 heteroatoms. The van der Waals surface area contributed by atoms with Gasteiger partial charge in [-0.1, -0.05) is 18.2 Å². The SMILES string of the molecule is O=C(NCc1ccc2cc(C(F)(F)F)oc2c1)c1cc(C(=O)N[C@@H]2CCc3cc(-n4nn[nH]c4=O)ccc32)ncn1. The van der Waals surface area contributed by atoms with Crippen molar-refractivity contribution < 1.29 is 27.2 Å². The summed E-state index contributed by atoms with van der Waals surface area (Å²) in [6, 6.07) is 11.7. The van der Waals surface area contributed by atoms with Crippen LogP contribution in [-0.4, -0.2) is 42.0 Å². The fraction of sp³-hybridized carbons (Fsp3) is 0.192. The van der Waals surface area contributed by atoms with Gasteiger partial charge < -0.3 is 15.1 Å². The number of aromatic nitrogens is 6. The van der Waals surface area contributed by atoms with Crippen molar-refractivity contribution in [1.29, 1.82) is 0 Å². The van der Waals surface area contributed by atoms with E-state index in [1.54, 1.807) is 12.1 Å². The first-order valence-electron chi connectivity index (χ1n) is 12.3. The number of tetrazole rings is 1. The second-order valence-corrected chi connectivity index (χ2v) is 9.32. The molecule has 3 N–H and O–H groups in total. The number of fused-ring (bicyclic) bond motifs is 2. The summed E-state index contributed by atoms with van der Waals surface area (Å²) in [4.78, 5) is 45.4. The van der Waals surface area contributed by atoms with Crippen LogP contribution in [0.1, 0.15) is 55.9 Å². The van der Waals surface area contributed by atoms with Crippen molar-refractivity contribution in [2.24, 2.45) is 0 Å². The number of amides is 2. The monoisotopic (exact) mass is 564 g/mol. The summed E-state index contributed by atoms with van der Waals surface area (Å²) in [5.41, 5.74) is 2.42. The second kappa shape index (κ2) is 10.0. The summed E-state index contributed by atoms with van der Waals surface area (Å²) in [5, 5.41) is 15.3. The normalized spacial score (nSPS) is 14.7. The molecule has 6 rings (SSSR count). The first-order chi connectivity index (χ1) is 19.7. The number of H-pyrrole nitrogens is 1. The van der Waals surface area contributed by atoms with Crippen molar-refractivity contribution in [3.8, 4) is 5.69 Å². The lowest BCUT2D eigenvalue weighted by Crippen LogP contribution is -2.29. The van der Waals surface area contributed by atoms with Gasteiger partial charge in [0.05, 0.1) is 11.7 Å². The Morgan fingerprint density at radius 3 is 2.61 bits per heavy atom. The number of carbonyl (C=O) groups is 2. The van der Waals surface area contributed by atoms with Crippen LogP contribution in [0.2, 0.25) is 0 Å². The quantitative estimate of drug-likeness (QED) is 0.284. The third-order valence-corrected chi connectivity index (χ3v) is 6.68. The number of carbonyl (C=O) groups excluding carboxylic acids is 2. The number of rotatable bonds is 6. The number of aromatic amines is 1. The average Bonchev–Trinajstić information content (AvgIpc) is 3.69. The maximum Gasteiger partial charge on any atom is 0.449 e. The first kappa shape index (κ1) is 25.9. The molecule has 0 saturated carbocycles. The van der Waals surface area contributed by atoms with E-state index < -0.39 is 29.4 Å². The van der Waals surface area contributed by atoms with Crippen molar-refractivity contribution in [2.45, 2.75) is 31.6 Å². The van der Waals surface area contributed by atoms with E-state index in [0.29, 0.717) is 24.1 Å². The van der Waals surface area contributed by atoms with Crippen molar-refractivity contribution >= 4 is 22.8 Å². The van der Waals surface area contributed by atoms with Gasteiger partial charge in [-0.25, -0.2) is 19.9 Å². The topological polar surface area (TPSA) is 161 Å². The minimum Gasteiger partial charge on any atom is -0.451 e. The molecule has 0 saturated heterocycles. The summed E-state index contributed by atoms with van der Waals surface area (Å²) in [5.74, 6) is -2.20. The molecule has 0 fully saturated rings. The molecule has 41 heavy (non-hydrogen) atoms. The van der Waals surface area contributed by atoms with Gasteiger partial charge in [0, 0.05) is 18.0 Å². The van der Waals surface area contributed by atoms with Crippen molar-refractivity contribution in [2.75, 3.05) is 0 Å². The van der Waals surface area contributed by atoms with Gasteiger partial charge in [0.25, 0.3) is 11.8 Å². The van der Waals surface area contributed by atoms with Gasteiger partial charge >= 0.3 is 11.9 Å². The fourth-order valence-corrected chi connectivity index (χ4v) is 4.69. The van der Waals surface area contributed by atoms with Gasteiger partial charge in [-0.05, 0) is 64.2 Å². The Kier molecular flexibility index (Phi) is 6.32. The molecule has 1 aliphatic rings. The van der Waals surface area contributed by atoms with Crippen LogP contribution in [0.4, 0.5) is 13.2 Å². The van der Waals surface area contributed by atoms with Crippen LogP contribution >= 0.6 is 0 Å². The minimum atomic E-state index is -4.60. The molecule has 3 heterocycles. The molecule has 1 aliphatic carbocycles. The number of halogens is 3. The molecule has 1 atom stereocenters. The summed E-state index contributed by atoms with van der Waals surface area (Å²) in [6.07, 6.45) is -2.21. The van der Waals surface area contributed by atoms with E-state index in [-0.39, 0.29) is 34.9 Å². The number of hydrogen-bond donors (Lipinski definition) is 3. The molecule has 0 unspecified atom stereocenters. The van der Waals surface area contributed by atoms with Crippen LogP contribution in [-0.2, 0) is 19.1 Å². The van der Waals surface area contributed by atoms with E-state index in [2.05, 4.69) is 36.1 Å². The molecule has 208 valence electrons. The third-order valence-electron chi connectivity index (χ3n) is 6.68. The summed E-state index contributed by atoms with van der Waals surface area (Å²) < 4.78 is 44.7. The van der Waals surface area contributed by atoms with Gasteiger partial charge in [-0.3, -0.25) is 9.59 Å². The molecule has 3 aromatic heterocycles. The third kappa shape index (κ3) is 5.16. The Hall–Kier alpha value is -5.34. The van der Waals surface area contributed by atoms with Gasteiger partial charge in [0.2, 0.25) is 5.76 Å². The van der Waals surface area contributed by atoms with Crippen LogP contribution in [0.5, 0.6) is 0 Å². The van der Waals surface area contributed by atoms with Crippen molar-refractivity contribution in [3.05, 3.63) is 99.2 Å². The van der Waals surface area contributed by atoms with Crippen LogP contribution in [0.3, 0.4) is 0 Å². The number of nitrogens with one attached hydrogen (secondary N) is 3. The van der Waals surface area contributed by atoms with E-state index in [1.807, 2.05) is 12.1 Å². The molecule has 5 aromatic rings. The maximum atomic E-state index is 13.0. The molecular formula is C26H19F3N8O4. The highest BCUT2D eigenvalue weighted by Crippen LogP contribution is 2.34. The highest BCUT2D eigenvalue weighted by molar-refractivity contribution is 5.97. The summed E-state index contributed by atoms with van der Waals surface area (Å²) in [7, 11) is 0. The van der Waals surface area contributed by atoms with Crippen LogP contribution in [0, 0.1) is 0 Å². The zero-order valence-corrected chi connectivity index (χ0v) is 20.9. The van der Waals surface area contributed by atoms with Gasteiger partial charge in [-0.2, -0.15) is 17.9 Å². The highest BCUT2D eigenvalue weighted by Gasteiger charge is 2.35. The predicted molar refractivity (Wildman–Crippen MR) is 135 cm³/mol. The molecule has 0 bridgehead atoms. The number of hydrogen-bond acceptors (Lipinski definition) is 8. The van der Waals surface area contributed by atoms with Crippen molar-refractivity contribution in [1.82, 2.24) is 40.8 Å². The number of nitrogens with zero attached hydrogens (tertiary/aromatic N) is 5. The average molecular weight is 564 g/mol. The molecule has 0 radical (unpaired) electrons. The van der Waals surface area contributed by atoms with E-state index in [1.165, 1.54) is 18.2 Å². The number of benzene rings is 2. The Morgan fingerprint density at radius 2 is 1.85 bits per heavy atom. The summed E-state index contributed by atoms with van der Waals surface area (Å²) in [6.45, 7) is -0.0103. The predicted octanol–water partition coefficient (Wildman–Crippen LogP) is 2.86. The lowest BCUT2D eigenvalue weighted by molar-refractivity contribution is -0.152. The molecule has 2 aromatic carbocycles. The van der Waals surface area contributed by atoms with E-state index in [0.717, 1.165) is 28.2 Å². The van der Waals surface area contributed by atoms with Crippen LogP contribution in [0.15, 0.2) is 64.1 Å². The van der Waals surface area contributed by atoms with E-state index in [9.17, 15) is 27.6 Å². The molecule has 2 amide bonds. The van der Waals surface area contributed by atoms with Gasteiger partial charge in [-0.15, -0.1) is 0 Å². The molecule has 12 nitrogen and oxygen atoms in total. The Bertz CT molecular complexity index is 1860. The first-order valence-corrected chi connectivity index (χ1v) is 12.3. The summed E-state index contributed by atoms with van der Waals surface area (Å²) >= 11 is 0. The zero-order valence-electron chi connectivity index (χ0n) is 20.9. The van der Waals surface area contributed by atoms with E-state index >= 15 is 0 Å². The number of furan rings is 1. The lowest BCUT2D eigenvalue weighted by atomic mass is 10.1. The molecule has 0 aliphatic heterocycles. The van der Waals surface area contributed by atoms with Gasteiger partial charge in [0.15, 0.2) is 0 Å². The van der Waals surface area contributed by atoms with E-state index in [4.69, 9.17) is 4.42 Å². The zero-order chi connectivity index (χ0) is 28.7. The Morgan fingerprint density at radius 1 is 1.05 bits per heavy atom. The van der Waals surface area contributed by atoms with Crippen LogP contribution in [0.25, 0.3) is 16.7 Å². The standard InChI is InChI=1S/C26H19F3N8O4/c27-26(28,29)22-9-15-2-1-13(7-21(15)41-22)11-30-23(38)19-10-20(32-12-31-19)24(39)33-18-6-3-14-8-16(4-5-17(14)18)37-25(40)34-35-36-37/h1-2,4-5,7-10,12,18H,3,6,11H2,(H,30,38)(H,33,39)(H,34,36,40)/t18-/m1/s1. The lowest BCUT2D eigenvalue weighted by Gasteiger charge is -2.14. The highest BCUT2D eigenvalue weighted by atomic mass is 19.4. The Balaban J connectivity index is 1.11. The number of alkyl halides is 3. The smallest absolute Gasteiger partial charge is 0.449 e. The van der Waals surface area contributed by atoms with Crippen molar-refractivity contribution in [3.63, 3.8) is 0 Å². The minimum absolute atomic E-state index is 0.0103. The van der Waals surface area contributed by atoms with Crippen LogP contribution < -0.4 is 16.3 Å². The largest absolute Gasteiger partial charge is 0.451 e. The molecule has 0 spiro atoms. The fourth-order valence-electron chi connectivity index (χ4n) is 4.69. The number of aryl methyl sites for hydroxylation is 1. The van der Waals surface area contributed by atoms with Gasteiger partial charge in [0.1, 0.15) is 23.3 Å². The second-order valence-electron chi connectivity index (χ2n) is 9.32. The molecular weight excluding hydrogens is 545 g/mol. The Labute approximate surface area is 227 Å².